The summed E-state index contributed by atoms with van der Waals surface area (Å²) in [5.41, 5.74) is 0. The molecule has 3 atom stereocenters. The van der Waals surface area contributed by atoms with Crippen molar-refractivity contribution >= 4 is 27.3 Å². The Balaban J connectivity index is 2.00. The van der Waals surface area contributed by atoms with E-state index in [4.69, 9.17) is 0 Å². The summed E-state index contributed by atoms with van der Waals surface area (Å²) in [7, 11) is 0. The normalized spacial score (nSPS) is 26.7. The van der Waals surface area contributed by atoms with Gasteiger partial charge in [-0.2, -0.15) is 0 Å². The van der Waals surface area contributed by atoms with E-state index in [1.54, 1.807) is 4.88 Å². The molecular weight excluding hydrogens is 342 g/mol. The highest BCUT2D eigenvalue weighted by Crippen LogP contribution is 2.40. The average Bonchev–Trinajstić information content (AvgIpc) is 2.82. The van der Waals surface area contributed by atoms with E-state index in [9.17, 15) is 0 Å². The maximum absolute atomic E-state index is 3.67. The maximum Gasteiger partial charge on any atom is 0.0285 e. The molecular formula is C18H30BrNS. The fourth-order valence-electron chi connectivity index (χ4n) is 3.59. The molecule has 1 N–H and O–H groups in total. The highest BCUT2D eigenvalue weighted by molar-refractivity contribution is 9.10. The van der Waals surface area contributed by atoms with Crippen molar-refractivity contribution in [3.8, 4) is 0 Å². The Labute approximate surface area is 143 Å². The van der Waals surface area contributed by atoms with E-state index in [1.165, 1.54) is 36.7 Å². The summed E-state index contributed by atoms with van der Waals surface area (Å²) in [5, 5.41) is 5.90. The van der Waals surface area contributed by atoms with E-state index < -0.39 is 0 Å². The van der Waals surface area contributed by atoms with Gasteiger partial charge in [0.25, 0.3) is 0 Å². The number of halogens is 1. The smallest absolute Gasteiger partial charge is 0.0285 e. The second-order valence-corrected chi connectivity index (χ2v) is 9.25. The molecule has 21 heavy (non-hydrogen) atoms. The standard InChI is InChI=1S/C18H30BrNS/c1-12(2)14-5-6-15(10-20-13(3)4)16(7-14)8-18-9-17(19)11-21-18/h9,11-16,20H,5-8,10H2,1-4H3. The first-order chi connectivity index (χ1) is 9.95. The number of hydrogen-bond acceptors (Lipinski definition) is 2. The minimum atomic E-state index is 0.601. The number of nitrogens with one attached hydrogen (secondary N) is 1. The van der Waals surface area contributed by atoms with Crippen LogP contribution in [-0.4, -0.2) is 12.6 Å². The van der Waals surface area contributed by atoms with Crippen molar-refractivity contribution in [2.24, 2.45) is 23.7 Å². The monoisotopic (exact) mass is 371 g/mol. The molecule has 0 aliphatic heterocycles. The van der Waals surface area contributed by atoms with Crippen molar-refractivity contribution in [3.05, 3.63) is 20.8 Å². The Morgan fingerprint density at radius 2 is 2.00 bits per heavy atom. The van der Waals surface area contributed by atoms with Crippen LogP contribution in [0.4, 0.5) is 0 Å². The van der Waals surface area contributed by atoms with Crippen LogP contribution in [0.5, 0.6) is 0 Å². The van der Waals surface area contributed by atoms with Crippen molar-refractivity contribution in [3.63, 3.8) is 0 Å². The number of hydrogen-bond donors (Lipinski definition) is 1. The lowest BCUT2D eigenvalue weighted by molar-refractivity contribution is 0.143. The van der Waals surface area contributed by atoms with Crippen molar-refractivity contribution in [2.45, 2.75) is 59.4 Å². The van der Waals surface area contributed by atoms with Crippen LogP contribution in [0.3, 0.4) is 0 Å². The molecule has 1 aliphatic rings. The van der Waals surface area contributed by atoms with Gasteiger partial charge < -0.3 is 5.32 Å². The first-order valence-electron chi connectivity index (χ1n) is 8.42. The van der Waals surface area contributed by atoms with Gasteiger partial charge >= 0.3 is 0 Å². The molecule has 3 heteroatoms. The average molecular weight is 372 g/mol. The molecule has 0 amide bonds. The third-order valence-corrected chi connectivity index (χ3v) is 6.72. The van der Waals surface area contributed by atoms with E-state index in [2.05, 4.69) is 60.4 Å². The van der Waals surface area contributed by atoms with Crippen LogP contribution in [-0.2, 0) is 6.42 Å². The Bertz CT molecular complexity index is 427. The van der Waals surface area contributed by atoms with E-state index in [1.807, 2.05) is 11.3 Å². The van der Waals surface area contributed by atoms with Crippen molar-refractivity contribution < 1.29 is 0 Å². The van der Waals surface area contributed by atoms with Gasteiger partial charge in [-0.15, -0.1) is 11.3 Å². The van der Waals surface area contributed by atoms with Gasteiger partial charge in [0, 0.05) is 20.8 Å². The highest BCUT2D eigenvalue weighted by Gasteiger charge is 2.31. The van der Waals surface area contributed by atoms with Crippen LogP contribution in [0, 0.1) is 23.7 Å². The second-order valence-electron chi connectivity index (χ2n) is 7.34. The van der Waals surface area contributed by atoms with Gasteiger partial charge in [0.2, 0.25) is 0 Å². The number of rotatable bonds is 6. The fraction of sp³-hybridized carbons (Fsp3) is 0.778. The van der Waals surface area contributed by atoms with Gasteiger partial charge in [-0.05, 0) is 77.9 Å². The predicted molar refractivity (Wildman–Crippen MR) is 98.0 cm³/mol. The molecule has 2 rings (SSSR count). The van der Waals surface area contributed by atoms with Crippen molar-refractivity contribution in [1.29, 1.82) is 0 Å². The van der Waals surface area contributed by atoms with Gasteiger partial charge in [-0.3, -0.25) is 0 Å². The molecule has 3 unspecified atom stereocenters. The molecule has 1 aromatic heterocycles. The quantitative estimate of drug-likeness (QED) is 0.671. The molecule has 1 nitrogen and oxygen atoms in total. The van der Waals surface area contributed by atoms with Crippen LogP contribution in [0.2, 0.25) is 0 Å². The van der Waals surface area contributed by atoms with Crippen LogP contribution in [0.25, 0.3) is 0 Å². The minimum Gasteiger partial charge on any atom is -0.314 e. The van der Waals surface area contributed by atoms with Crippen molar-refractivity contribution in [2.75, 3.05) is 6.54 Å². The zero-order chi connectivity index (χ0) is 15.4. The Morgan fingerprint density at radius 1 is 1.24 bits per heavy atom. The number of thiophene rings is 1. The van der Waals surface area contributed by atoms with Gasteiger partial charge in [0.1, 0.15) is 0 Å². The first-order valence-corrected chi connectivity index (χ1v) is 10.1. The first kappa shape index (κ1) is 17.5. The molecule has 1 fully saturated rings. The SMILES string of the molecule is CC(C)NCC1CCC(C(C)C)CC1Cc1cc(Br)cs1. The zero-order valence-electron chi connectivity index (χ0n) is 13.9. The lowest BCUT2D eigenvalue weighted by atomic mass is 9.69. The van der Waals surface area contributed by atoms with Gasteiger partial charge in [0.05, 0.1) is 0 Å². The molecule has 0 spiro atoms. The topological polar surface area (TPSA) is 12.0 Å². The molecule has 1 aliphatic carbocycles. The summed E-state index contributed by atoms with van der Waals surface area (Å²) in [6, 6.07) is 2.92. The fourth-order valence-corrected chi connectivity index (χ4v) is 5.14. The van der Waals surface area contributed by atoms with Gasteiger partial charge in [-0.1, -0.05) is 27.7 Å². The molecule has 0 bridgehead atoms. The molecule has 1 aromatic rings. The minimum absolute atomic E-state index is 0.601. The predicted octanol–water partition coefficient (Wildman–Crippen LogP) is 5.74. The molecule has 0 saturated heterocycles. The Kier molecular flexibility index (Phi) is 6.77. The maximum atomic E-state index is 3.67. The van der Waals surface area contributed by atoms with Crippen LogP contribution in [0.15, 0.2) is 15.9 Å². The van der Waals surface area contributed by atoms with Crippen LogP contribution < -0.4 is 5.32 Å². The van der Waals surface area contributed by atoms with Crippen LogP contribution >= 0.6 is 27.3 Å². The van der Waals surface area contributed by atoms with E-state index in [0.717, 1.165) is 23.7 Å². The molecule has 120 valence electrons. The van der Waals surface area contributed by atoms with Crippen molar-refractivity contribution in [1.82, 2.24) is 5.32 Å². The van der Waals surface area contributed by atoms with Gasteiger partial charge in [0.15, 0.2) is 0 Å². The molecule has 1 heterocycles. The molecule has 0 radical (unpaired) electrons. The summed E-state index contributed by atoms with van der Waals surface area (Å²) < 4.78 is 1.25. The van der Waals surface area contributed by atoms with Crippen LogP contribution in [0.1, 0.15) is 51.8 Å². The molecule has 0 aromatic carbocycles. The van der Waals surface area contributed by atoms with E-state index in [-0.39, 0.29) is 0 Å². The summed E-state index contributed by atoms with van der Waals surface area (Å²) in [4.78, 5) is 1.55. The summed E-state index contributed by atoms with van der Waals surface area (Å²) in [6.45, 7) is 10.5. The Hall–Kier alpha value is 0.140. The third-order valence-electron chi connectivity index (χ3n) is 5.00. The summed E-state index contributed by atoms with van der Waals surface area (Å²) >= 11 is 5.51. The highest BCUT2D eigenvalue weighted by atomic mass is 79.9. The van der Waals surface area contributed by atoms with Gasteiger partial charge in [-0.25, -0.2) is 0 Å². The third kappa shape index (κ3) is 5.37. The second kappa shape index (κ2) is 8.12. The summed E-state index contributed by atoms with van der Waals surface area (Å²) in [6.07, 6.45) is 5.51. The lowest BCUT2D eigenvalue weighted by Gasteiger charge is -2.38. The molecule has 1 saturated carbocycles. The largest absolute Gasteiger partial charge is 0.314 e. The Morgan fingerprint density at radius 3 is 2.57 bits per heavy atom. The van der Waals surface area contributed by atoms with E-state index >= 15 is 0 Å². The van der Waals surface area contributed by atoms with E-state index in [0.29, 0.717) is 6.04 Å². The summed E-state index contributed by atoms with van der Waals surface area (Å²) in [5.74, 6) is 3.46. The lowest BCUT2D eigenvalue weighted by Crippen LogP contribution is -2.37. The zero-order valence-corrected chi connectivity index (χ0v) is 16.3.